The molecule has 2 heterocycles. The lowest BCUT2D eigenvalue weighted by Gasteiger charge is -2.50. The fraction of sp³-hybridized carbons (Fsp3) is 0.435. The fourth-order valence-electron chi connectivity index (χ4n) is 4.73. The molecule has 1 atom stereocenters. The maximum Gasteiger partial charge on any atom is 0.198 e. The zero-order valence-electron chi connectivity index (χ0n) is 16.0. The molecule has 0 aromatic heterocycles. The van der Waals surface area contributed by atoms with Gasteiger partial charge >= 0.3 is 0 Å². The minimum absolute atomic E-state index is 0.264. The third-order valence-electron chi connectivity index (χ3n) is 6.38. The molecule has 2 aromatic carbocycles. The zero-order chi connectivity index (χ0) is 18.4. The standard InChI is InChI=1S/C23H26N2O2/c1-16-11-13-23(14-12-16)25-21(19-5-3-4-6-22(19)27-23)15-20(24-25)17-7-9-18(26-2)10-8-17/h3-10,16,21H,11-15H2,1-2H3. The molecule has 0 bridgehead atoms. The molecular formula is C23H26N2O2. The molecule has 3 aliphatic rings. The van der Waals surface area contributed by atoms with E-state index < -0.39 is 0 Å². The lowest BCUT2D eigenvalue weighted by Crippen LogP contribution is -2.55. The molecule has 140 valence electrons. The second kappa shape index (κ2) is 6.29. The summed E-state index contributed by atoms with van der Waals surface area (Å²) in [5.74, 6) is 2.68. The first-order valence-electron chi connectivity index (χ1n) is 9.98. The summed E-state index contributed by atoms with van der Waals surface area (Å²) in [6, 6.07) is 17.0. The van der Waals surface area contributed by atoms with Crippen LogP contribution in [0.25, 0.3) is 0 Å². The number of rotatable bonds is 2. The molecule has 4 heteroatoms. The van der Waals surface area contributed by atoms with Crippen LogP contribution in [0.5, 0.6) is 11.5 Å². The van der Waals surface area contributed by atoms with Gasteiger partial charge in [-0.3, -0.25) is 0 Å². The largest absolute Gasteiger partial charge is 0.497 e. The maximum absolute atomic E-state index is 6.64. The molecule has 1 saturated carbocycles. The highest BCUT2D eigenvalue weighted by atomic mass is 16.5. The minimum atomic E-state index is -0.292. The van der Waals surface area contributed by atoms with Crippen LogP contribution in [0, 0.1) is 5.92 Å². The van der Waals surface area contributed by atoms with Crippen molar-refractivity contribution in [3.63, 3.8) is 0 Å². The van der Waals surface area contributed by atoms with Gasteiger partial charge in [0.1, 0.15) is 11.5 Å². The summed E-state index contributed by atoms with van der Waals surface area (Å²) in [4.78, 5) is 0. The quantitative estimate of drug-likeness (QED) is 0.741. The summed E-state index contributed by atoms with van der Waals surface area (Å²) in [7, 11) is 1.70. The molecule has 2 aliphatic heterocycles. The number of para-hydroxylation sites is 1. The number of hydrogen-bond donors (Lipinski definition) is 0. The predicted molar refractivity (Wildman–Crippen MR) is 106 cm³/mol. The van der Waals surface area contributed by atoms with Crippen molar-refractivity contribution in [3.05, 3.63) is 59.7 Å². The number of nitrogens with zero attached hydrogens (tertiary/aromatic N) is 2. The van der Waals surface area contributed by atoms with E-state index >= 15 is 0 Å². The fourth-order valence-corrected chi connectivity index (χ4v) is 4.73. The van der Waals surface area contributed by atoms with Crippen molar-refractivity contribution in [2.45, 2.75) is 50.8 Å². The van der Waals surface area contributed by atoms with Gasteiger partial charge in [-0.15, -0.1) is 0 Å². The predicted octanol–water partition coefficient (Wildman–Crippen LogP) is 5.15. The van der Waals surface area contributed by atoms with E-state index in [2.05, 4.69) is 48.3 Å². The summed E-state index contributed by atoms with van der Waals surface area (Å²) >= 11 is 0. The van der Waals surface area contributed by atoms with Gasteiger partial charge in [0.25, 0.3) is 0 Å². The van der Waals surface area contributed by atoms with Gasteiger partial charge in [-0.25, -0.2) is 5.01 Å². The van der Waals surface area contributed by atoms with Crippen LogP contribution in [0.1, 0.15) is 56.2 Å². The minimum Gasteiger partial charge on any atom is -0.497 e. The van der Waals surface area contributed by atoms with E-state index in [-0.39, 0.29) is 11.8 Å². The van der Waals surface area contributed by atoms with E-state index in [1.165, 1.54) is 24.0 Å². The monoisotopic (exact) mass is 362 g/mol. The second-order valence-corrected chi connectivity index (χ2v) is 8.11. The Hall–Kier alpha value is -2.49. The van der Waals surface area contributed by atoms with Crippen LogP contribution >= 0.6 is 0 Å². The molecule has 27 heavy (non-hydrogen) atoms. The van der Waals surface area contributed by atoms with Gasteiger partial charge in [0.05, 0.1) is 18.9 Å². The van der Waals surface area contributed by atoms with Crippen LogP contribution in [0.4, 0.5) is 0 Å². The number of benzene rings is 2. The summed E-state index contributed by atoms with van der Waals surface area (Å²) in [5, 5.41) is 7.41. The van der Waals surface area contributed by atoms with Crippen molar-refractivity contribution in [2.75, 3.05) is 7.11 Å². The molecule has 1 unspecified atom stereocenters. The van der Waals surface area contributed by atoms with E-state index in [0.717, 1.165) is 42.4 Å². The van der Waals surface area contributed by atoms with Crippen LogP contribution in [0.2, 0.25) is 0 Å². The van der Waals surface area contributed by atoms with E-state index in [1.807, 2.05) is 12.1 Å². The Balaban J connectivity index is 1.54. The van der Waals surface area contributed by atoms with Gasteiger partial charge in [-0.2, -0.15) is 5.10 Å². The van der Waals surface area contributed by atoms with E-state index in [9.17, 15) is 0 Å². The molecule has 4 nitrogen and oxygen atoms in total. The van der Waals surface area contributed by atoms with E-state index in [4.69, 9.17) is 14.6 Å². The topological polar surface area (TPSA) is 34.1 Å². The molecule has 0 amide bonds. The van der Waals surface area contributed by atoms with Crippen molar-refractivity contribution < 1.29 is 9.47 Å². The van der Waals surface area contributed by atoms with Gasteiger partial charge in [0, 0.05) is 24.8 Å². The zero-order valence-corrected chi connectivity index (χ0v) is 16.0. The maximum atomic E-state index is 6.64. The van der Waals surface area contributed by atoms with E-state index in [0.29, 0.717) is 0 Å². The molecule has 0 radical (unpaired) electrons. The van der Waals surface area contributed by atoms with Crippen molar-refractivity contribution in [2.24, 2.45) is 11.0 Å². The van der Waals surface area contributed by atoms with Crippen molar-refractivity contribution >= 4 is 5.71 Å². The van der Waals surface area contributed by atoms with Crippen LogP contribution < -0.4 is 9.47 Å². The SMILES string of the molecule is COc1ccc(C2=NN3C(C2)c2ccccc2OC32CCC(C)CC2)cc1. The van der Waals surface area contributed by atoms with Crippen LogP contribution in [0.3, 0.4) is 0 Å². The third-order valence-corrected chi connectivity index (χ3v) is 6.38. The Labute approximate surface area is 160 Å². The molecule has 1 aliphatic carbocycles. The van der Waals surface area contributed by atoms with Crippen molar-refractivity contribution in [1.29, 1.82) is 0 Å². The van der Waals surface area contributed by atoms with Gasteiger partial charge in [0.15, 0.2) is 5.72 Å². The number of ether oxygens (including phenoxy) is 2. The average Bonchev–Trinajstić information content (AvgIpc) is 3.17. The van der Waals surface area contributed by atoms with E-state index in [1.54, 1.807) is 7.11 Å². The van der Waals surface area contributed by atoms with Crippen molar-refractivity contribution in [1.82, 2.24) is 5.01 Å². The molecule has 5 rings (SSSR count). The highest BCUT2D eigenvalue weighted by Gasteiger charge is 2.51. The summed E-state index contributed by atoms with van der Waals surface area (Å²) in [6.07, 6.45) is 5.39. The highest BCUT2D eigenvalue weighted by Crippen LogP contribution is 2.51. The molecule has 1 fully saturated rings. The first-order valence-corrected chi connectivity index (χ1v) is 9.98. The Morgan fingerprint density at radius 2 is 1.81 bits per heavy atom. The summed E-state index contributed by atoms with van der Waals surface area (Å²) in [5.41, 5.74) is 3.27. The first-order chi connectivity index (χ1) is 13.2. The number of hydrogen-bond acceptors (Lipinski definition) is 4. The average molecular weight is 362 g/mol. The van der Waals surface area contributed by atoms with Gasteiger partial charge < -0.3 is 9.47 Å². The number of fused-ring (bicyclic) bond motifs is 4. The molecule has 2 aromatic rings. The van der Waals surface area contributed by atoms with Gasteiger partial charge in [-0.05, 0) is 54.7 Å². The van der Waals surface area contributed by atoms with Gasteiger partial charge in [0.2, 0.25) is 0 Å². The van der Waals surface area contributed by atoms with Crippen LogP contribution in [-0.2, 0) is 0 Å². The lowest BCUT2D eigenvalue weighted by molar-refractivity contribution is -0.145. The van der Waals surface area contributed by atoms with Crippen LogP contribution in [0.15, 0.2) is 53.6 Å². The normalized spacial score (nSPS) is 29.0. The molecule has 1 spiro atoms. The van der Waals surface area contributed by atoms with Gasteiger partial charge in [-0.1, -0.05) is 25.1 Å². The Morgan fingerprint density at radius 3 is 2.56 bits per heavy atom. The molecule has 0 N–H and O–H groups in total. The van der Waals surface area contributed by atoms with Crippen LogP contribution in [-0.4, -0.2) is 23.6 Å². The number of methoxy groups -OCH3 is 1. The third kappa shape index (κ3) is 2.70. The smallest absolute Gasteiger partial charge is 0.198 e. The summed E-state index contributed by atoms with van der Waals surface area (Å²) in [6.45, 7) is 2.34. The summed E-state index contributed by atoms with van der Waals surface area (Å²) < 4.78 is 11.9. The lowest BCUT2D eigenvalue weighted by atomic mass is 9.82. The molecular weight excluding hydrogens is 336 g/mol. The Morgan fingerprint density at radius 1 is 1.07 bits per heavy atom. The molecule has 0 saturated heterocycles. The Bertz CT molecular complexity index is 866. The van der Waals surface area contributed by atoms with Crippen molar-refractivity contribution in [3.8, 4) is 11.5 Å². The Kier molecular flexibility index (Phi) is 3.88. The highest BCUT2D eigenvalue weighted by molar-refractivity contribution is 6.02. The first kappa shape index (κ1) is 16.7. The number of hydrazone groups is 1. The second-order valence-electron chi connectivity index (χ2n) is 8.11.